The van der Waals surface area contributed by atoms with Gasteiger partial charge in [-0.05, 0) is 77.0 Å². The third-order valence-corrected chi connectivity index (χ3v) is 20.4. The van der Waals surface area contributed by atoms with E-state index in [2.05, 4.69) is 100 Å². The third-order valence-electron chi connectivity index (χ3n) is 20.4. The highest BCUT2D eigenvalue weighted by Gasteiger charge is 2.49. The molecule has 0 unspecified atom stereocenters. The first-order valence-electron chi connectivity index (χ1n) is 35.4. The van der Waals surface area contributed by atoms with E-state index in [1.54, 1.807) is 0 Å². The van der Waals surface area contributed by atoms with Crippen LogP contribution in [0.25, 0.3) is 44.7 Å². The van der Waals surface area contributed by atoms with Crippen molar-refractivity contribution in [2.45, 2.75) is 224 Å². The summed E-state index contributed by atoms with van der Waals surface area (Å²) in [5, 5.41) is 171. The maximum atomic E-state index is 10.4. The van der Waals surface area contributed by atoms with Gasteiger partial charge in [0, 0.05) is 12.1 Å². The van der Waals surface area contributed by atoms with Gasteiger partial charge in [0.25, 0.3) is 20.3 Å². The fourth-order valence-electron chi connectivity index (χ4n) is 14.6. The molecule has 8 fully saturated rings. The van der Waals surface area contributed by atoms with E-state index < -0.39 is 157 Å². The first kappa shape index (κ1) is 79.6. The molecule has 4 saturated carbocycles. The Hall–Kier alpha value is -10.4. The van der Waals surface area contributed by atoms with E-state index in [1.807, 2.05) is 0 Å². The van der Waals surface area contributed by atoms with Crippen LogP contribution in [0.3, 0.4) is 0 Å². The highest BCUT2D eigenvalue weighted by Crippen LogP contribution is 2.39. The molecule has 0 radical (unpaired) electrons. The second-order valence-corrected chi connectivity index (χ2v) is 27.6. The average Bonchev–Trinajstić information content (AvgIpc) is 1.64. The molecule has 16 N–H and O–H groups in total. The largest absolute Gasteiger partial charge is 0.393 e. The summed E-state index contributed by atoms with van der Waals surface area (Å²) in [6.45, 7) is -2.06. The Balaban J connectivity index is 0.000000131. The number of anilines is 4. The van der Waals surface area contributed by atoms with Crippen molar-refractivity contribution in [3.05, 3.63) is 91.1 Å². The molecule has 24 atom stereocenters. The molecule has 4 aliphatic heterocycles. The molecule has 52 nitrogen and oxygen atoms in total. The molecule has 52 heteroatoms. The number of imidazole rings is 4. The fourth-order valence-corrected chi connectivity index (χ4v) is 14.6. The topological polar surface area (TPSA) is 712 Å². The number of nitrogens with zero attached hydrogens (tertiary/aromatic N) is 20. The van der Waals surface area contributed by atoms with Crippen LogP contribution in [0.15, 0.2) is 50.6 Å². The molecule has 608 valence electrons. The second kappa shape index (κ2) is 34.7. The van der Waals surface area contributed by atoms with Gasteiger partial charge in [-0.2, -0.15) is 0 Å². The smallest absolute Gasteiger partial charge is 0.294 e. The van der Waals surface area contributed by atoms with Crippen molar-refractivity contribution in [2.75, 3.05) is 47.7 Å². The minimum Gasteiger partial charge on any atom is -0.393 e. The van der Waals surface area contributed by atoms with E-state index in [0.717, 1.165) is 38.5 Å². The number of aromatic nitrogens is 16. The summed E-state index contributed by atoms with van der Waals surface area (Å²) in [5.41, 5.74) is 3.13. The maximum Gasteiger partial charge on any atom is 0.294 e. The highest BCUT2D eigenvalue weighted by molar-refractivity contribution is 5.85. The Kier molecular flexibility index (Phi) is 24.7. The van der Waals surface area contributed by atoms with Crippen LogP contribution < -0.4 is 21.3 Å². The zero-order valence-electron chi connectivity index (χ0n) is 58.6. The molecular weight excluding hydrogens is 1500 g/mol. The summed E-state index contributed by atoms with van der Waals surface area (Å²) < 4.78 is 27.9. The maximum absolute atomic E-state index is 10.4. The summed E-state index contributed by atoms with van der Waals surface area (Å²) in [6, 6.07) is -0.141. The lowest BCUT2D eigenvalue weighted by Crippen LogP contribution is -2.34. The molecule has 0 amide bonds. The van der Waals surface area contributed by atoms with Crippen molar-refractivity contribution in [1.82, 2.24) is 78.1 Å². The van der Waals surface area contributed by atoms with Crippen molar-refractivity contribution in [1.29, 1.82) is 0 Å². The van der Waals surface area contributed by atoms with Crippen molar-refractivity contribution in [3.8, 4) is 0 Å². The van der Waals surface area contributed by atoms with Gasteiger partial charge in [0.1, 0.15) is 125 Å². The highest BCUT2D eigenvalue weighted by atomic mass is 17.0. The average molecular weight is 1590 g/mol. The van der Waals surface area contributed by atoms with Crippen LogP contribution in [-0.4, -0.2) is 308 Å². The Labute approximate surface area is 626 Å². The minimum atomic E-state index is -1.38. The summed E-state index contributed by atoms with van der Waals surface area (Å²) in [4.78, 5) is 109. The zero-order valence-corrected chi connectivity index (χ0v) is 58.6. The number of ether oxygens (including phenoxy) is 4. The van der Waals surface area contributed by atoms with Crippen molar-refractivity contribution in [3.63, 3.8) is 0 Å². The Morgan fingerprint density at radius 2 is 0.607 bits per heavy atom. The second-order valence-electron chi connectivity index (χ2n) is 27.6. The van der Waals surface area contributed by atoms with E-state index >= 15 is 0 Å². The standard InChI is InChI=1S/4C15H20N6O7/c2*22-8-2-1-7(3-8)19-13-10-14(17-5-16-13)20(6-18-10)15-12(24)11(23)9(28-15)4-27-21(25)26;2*22-8-3-1-2-7(8)19-13-10-14(17-5-16-13)20(6-18-10)15-12(24)11(23)9(28-15)4-27-21(25)26/h4*5-9,11-12,15,22-24H,1-4H2,(H,16,17,19)/t7-,8+,9-,11-,12-,15-;7-,8-,9-,11-,12-,15-;7-,8+,9-,11-,12-,15-;7-,8-,9-,11-,12-,15-/m1111/s1. The lowest BCUT2D eigenvalue weighted by molar-refractivity contribution is -0.759. The summed E-state index contributed by atoms with van der Waals surface area (Å²) in [5.74, 6) is 1.86. The van der Waals surface area contributed by atoms with Crippen molar-refractivity contribution in [2.24, 2.45) is 0 Å². The Morgan fingerprint density at radius 1 is 0.348 bits per heavy atom. The summed E-state index contributed by atoms with van der Waals surface area (Å²) >= 11 is 0. The number of aliphatic hydroxyl groups is 12. The van der Waals surface area contributed by atoms with E-state index in [-0.39, 0.29) is 36.4 Å². The number of hydrogen-bond acceptors (Lipinski definition) is 44. The molecule has 8 aliphatic rings. The van der Waals surface area contributed by atoms with Crippen molar-refractivity contribution < 1.29 is 120 Å². The van der Waals surface area contributed by atoms with Crippen LogP contribution in [0.5, 0.6) is 0 Å². The number of rotatable bonds is 24. The predicted octanol–water partition coefficient (Wildman–Crippen LogP) is -4.08. The Bertz CT molecular complexity index is 4290. The van der Waals surface area contributed by atoms with Gasteiger partial charge in [0.2, 0.25) is 0 Å². The van der Waals surface area contributed by atoms with Gasteiger partial charge in [-0.25, -0.2) is 59.8 Å². The number of hydrogen-bond donors (Lipinski definition) is 16. The molecule has 4 aliphatic carbocycles. The first-order valence-corrected chi connectivity index (χ1v) is 35.4. The Morgan fingerprint density at radius 3 is 0.830 bits per heavy atom. The number of fused-ring (bicyclic) bond motifs is 4. The van der Waals surface area contributed by atoms with Crippen LogP contribution in [-0.2, 0) is 38.3 Å². The van der Waals surface area contributed by atoms with Crippen LogP contribution in [0.2, 0.25) is 0 Å². The van der Waals surface area contributed by atoms with Crippen molar-refractivity contribution >= 4 is 67.9 Å². The van der Waals surface area contributed by atoms with E-state index in [1.165, 1.54) is 68.9 Å². The summed E-state index contributed by atoms with van der Waals surface area (Å²) in [7, 11) is 0. The molecule has 0 aromatic carbocycles. The predicted molar refractivity (Wildman–Crippen MR) is 366 cm³/mol. The van der Waals surface area contributed by atoms with Gasteiger partial charge in [0.15, 0.2) is 92.8 Å². The van der Waals surface area contributed by atoms with Gasteiger partial charge in [-0.3, -0.25) is 18.3 Å². The monoisotopic (exact) mass is 1580 g/mol. The number of nitrogens with one attached hydrogen (secondary N) is 4. The fraction of sp³-hybridized carbons (Fsp3) is 0.667. The number of aliphatic hydroxyl groups excluding tert-OH is 12. The molecule has 8 aromatic rings. The molecule has 8 aromatic heterocycles. The van der Waals surface area contributed by atoms with Crippen LogP contribution >= 0.6 is 0 Å². The van der Waals surface area contributed by atoms with E-state index in [4.69, 9.17) is 18.9 Å². The van der Waals surface area contributed by atoms with Crippen LogP contribution in [0, 0.1) is 40.5 Å². The lowest BCUT2D eigenvalue weighted by Gasteiger charge is -2.18. The molecular formula is C60H80N24O28. The molecule has 112 heavy (non-hydrogen) atoms. The third kappa shape index (κ3) is 17.4. The van der Waals surface area contributed by atoms with Gasteiger partial charge in [-0.1, -0.05) is 0 Å². The first-order chi connectivity index (χ1) is 53.8. The molecule has 16 rings (SSSR count). The molecule has 12 heterocycles. The van der Waals surface area contributed by atoms with E-state index in [9.17, 15) is 102 Å². The molecule has 0 bridgehead atoms. The van der Waals surface area contributed by atoms with Gasteiger partial charge >= 0.3 is 0 Å². The van der Waals surface area contributed by atoms with Gasteiger partial charge < -0.3 is 121 Å². The van der Waals surface area contributed by atoms with Crippen LogP contribution in [0.1, 0.15) is 102 Å². The van der Waals surface area contributed by atoms with E-state index in [0.29, 0.717) is 106 Å². The van der Waals surface area contributed by atoms with Gasteiger partial charge in [0.05, 0.1) is 61.8 Å². The zero-order chi connectivity index (χ0) is 79.3. The summed E-state index contributed by atoms with van der Waals surface area (Å²) in [6.07, 6.45) is -1.09. The van der Waals surface area contributed by atoms with Gasteiger partial charge in [-0.15, -0.1) is 40.5 Å². The minimum absolute atomic E-state index is 0.0667. The normalized spacial score (nSPS) is 32.7. The van der Waals surface area contributed by atoms with Crippen LogP contribution in [0.4, 0.5) is 23.3 Å². The molecule has 0 spiro atoms. The SMILES string of the molecule is O=[N+]([O-])OC[C@H]1O[C@@H](n2cnc3c(N[C@@H]4CCC[C@@H]4O)ncnc32)[C@H](O)[C@@H]1O.O=[N+]([O-])OC[C@H]1O[C@@H](n2cnc3c(N[C@@H]4CCC[C@H]4O)ncnc32)[C@H](O)[C@@H]1O.O=[N+]([O-])OC[C@H]1O[C@@H](n2cnc3c(N[C@@H]4CC[C@@H](O)C4)ncnc32)[C@H](O)[C@@H]1O.O=[N+]([O-])OC[C@H]1O[C@@H](n2cnc3c(N[C@@H]4CC[C@H](O)C4)ncnc32)[C@H](O)[C@@H]1O. The quantitative estimate of drug-likeness (QED) is 0.0202. The lowest BCUT2D eigenvalue weighted by atomic mass is 10.1. The molecule has 4 saturated heterocycles.